The lowest BCUT2D eigenvalue weighted by molar-refractivity contribution is -0.125. The number of hydrogen-bond acceptors (Lipinski definition) is 4. The SMILES string of the molecule is CCSc1ccc(Cl)cc1NC(=O)CNC(=O)[C@@H](N)C(C)C. The summed E-state index contributed by atoms with van der Waals surface area (Å²) in [5.74, 6) is 0.247. The van der Waals surface area contributed by atoms with Gasteiger partial charge < -0.3 is 16.4 Å². The molecule has 1 aromatic carbocycles. The van der Waals surface area contributed by atoms with E-state index in [1.165, 1.54) is 0 Å². The van der Waals surface area contributed by atoms with Crippen LogP contribution in [0.25, 0.3) is 0 Å². The fourth-order valence-corrected chi connectivity index (χ4v) is 2.58. The molecule has 7 heteroatoms. The molecule has 0 aromatic heterocycles. The number of rotatable bonds is 7. The van der Waals surface area contributed by atoms with Gasteiger partial charge in [-0.2, -0.15) is 0 Å². The molecule has 5 nitrogen and oxygen atoms in total. The van der Waals surface area contributed by atoms with Gasteiger partial charge in [0.1, 0.15) is 0 Å². The first kappa shape index (κ1) is 18.8. The van der Waals surface area contributed by atoms with E-state index >= 15 is 0 Å². The topological polar surface area (TPSA) is 84.2 Å². The molecule has 0 saturated heterocycles. The van der Waals surface area contributed by atoms with Gasteiger partial charge in [0, 0.05) is 9.92 Å². The van der Waals surface area contributed by atoms with Crippen LogP contribution in [0.3, 0.4) is 0 Å². The summed E-state index contributed by atoms with van der Waals surface area (Å²) >= 11 is 7.56. The maximum absolute atomic E-state index is 12.0. The van der Waals surface area contributed by atoms with Crippen molar-refractivity contribution < 1.29 is 9.59 Å². The van der Waals surface area contributed by atoms with Gasteiger partial charge in [-0.1, -0.05) is 32.4 Å². The molecule has 1 aromatic rings. The lowest BCUT2D eigenvalue weighted by Crippen LogP contribution is -2.46. The molecule has 0 unspecified atom stereocenters. The van der Waals surface area contributed by atoms with Gasteiger partial charge in [-0.05, 0) is 29.9 Å². The highest BCUT2D eigenvalue weighted by Crippen LogP contribution is 2.29. The van der Waals surface area contributed by atoms with Gasteiger partial charge in [0.2, 0.25) is 11.8 Å². The summed E-state index contributed by atoms with van der Waals surface area (Å²) in [7, 11) is 0. The lowest BCUT2D eigenvalue weighted by Gasteiger charge is -2.15. The van der Waals surface area contributed by atoms with Crippen LogP contribution in [0.1, 0.15) is 20.8 Å². The number of benzene rings is 1. The molecule has 1 atom stereocenters. The molecule has 0 aliphatic carbocycles. The van der Waals surface area contributed by atoms with Crippen LogP contribution in [-0.2, 0) is 9.59 Å². The number of thioether (sulfide) groups is 1. The van der Waals surface area contributed by atoms with E-state index in [2.05, 4.69) is 10.6 Å². The van der Waals surface area contributed by atoms with Crippen LogP contribution in [0.2, 0.25) is 5.02 Å². The average Bonchev–Trinajstić information content (AvgIpc) is 2.46. The number of amides is 2. The first-order chi connectivity index (χ1) is 10.3. The maximum Gasteiger partial charge on any atom is 0.243 e. The number of carbonyl (C=O) groups is 2. The standard InChI is InChI=1S/C15H22ClN3O2S/c1-4-22-12-6-5-10(16)7-11(12)19-13(20)8-18-15(21)14(17)9(2)3/h5-7,9,14H,4,8,17H2,1-3H3,(H,18,21)(H,19,20)/t14-/m0/s1. The number of nitrogens with one attached hydrogen (secondary N) is 2. The summed E-state index contributed by atoms with van der Waals surface area (Å²) in [4.78, 5) is 24.6. The summed E-state index contributed by atoms with van der Waals surface area (Å²) in [6.45, 7) is 5.61. The predicted molar refractivity (Wildman–Crippen MR) is 92.3 cm³/mol. The van der Waals surface area contributed by atoms with E-state index in [0.717, 1.165) is 10.6 Å². The number of anilines is 1. The summed E-state index contributed by atoms with van der Waals surface area (Å²) < 4.78 is 0. The zero-order valence-corrected chi connectivity index (χ0v) is 14.6. The van der Waals surface area contributed by atoms with E-state index in [1.54, 1.807) is 23.9 Å². The second kappa shape index (κ2) is 9.02. The van der Waals surface area contributed by atoms with Gasteiger partial charge >= 0.3 is 0 Å². The van der Waals surface area contributed by atoms with E-state index in [4.69, 9.17) is 17.3 Å². The number of hydrogen-bond donors (Lipinski definition) is 3. The monoisotopic (exact) mass is 343 g/mol. The van der Waals surface area contributed by atoms with E-state index in [0.29, 0.717) is 10.7 Å². The van der Waals surface area contributed by atoms with Gasteiger partial charge in [0.15, 0.2) is 0 Å². The first-order valence-corrected chi connectivity index (χ1v) is 8.47. The molecule has 0 heterocycles. The van der Waals surface area contributed by atoms with Crippen molar-refractivity contribution in [2.75, 3.05) is 17.6 Å². The Bertz CT molecular complexity index is 538. The zero-order valence-electron chi connectivity index (χ0n) is 13.0. The lowest BCUT2D eigenvalue weighted by atomic mass is 10.1. The number of halogens is 1. The fraction of sp³-hybridized carbons (Fsp3) is 0.467. The third-order valence-corrected chi connectivity index (χ3v) is 4.15. The predicted octanol–water partition coefficient (Wildman–Crippen LogP) is 2.49. The van der Waals surface area contributed by atoms with Gasteiger partial charge in [0.25, 0.3) is 0 Å². The average molecular weight is 344 g/mol. The van der Waals surface area contributed by atoms with E-state index in [1.807, 2.05) is 26.8 Å². The Labute approximate surface area is 140 Å². The van der Waals surface area contributed by atoms with Gasteiger partial charge in [-0.15, -0.1) is 11.8 Å². The Morgan fingerprint density at radius 2 is 2.05 bits per heavy atom. The number of nitrogens with two attached hydrogens (primary N) is 1. The molecule has 0 radical (unpaired) electrons. The molecule has 0 saturated carbocycles. The normalized spacial score (nSPS) is 12.1. The van der Waals surface area contributed by atoms with Crippen molar-refractivity contribution in [3.8, 4) is 0 Å². The Morgan fingerprint density at radius 1 is 1.36 bits per heavy atom. The Kier molecular flexibility index (Phi) is 7.72. The second-order valence-corrected chi connectivity index (χ2v) is 6.85. The maximum atomic E-state index is 12.0. The molecule has 0 aliphatic rings. The minimum atomic E-state index is -0.620. The van der Waals surface area contributed by atoms with Gasteiger partial charge in [-0.25, -0.2) is 0 Å². The van der Waals surface area contributed by atoms with Crippen LogP contribution >= 0.6 is 23.4 Å². The molecule has 122 valence electrons. The fourth-order valence-electron chi connectivity index (χ4n) is 1.66. The molecule has 0 fully saturated rings. The smallest absolute Gasteiger partial charge is 0.243 e. The molecule has 0 bridgehead atoms. The van der Waals surface area contributed by atoms with Crippen molar-refractivity contribution in [2.24, 2.45) is 11.7 Å². The second-order valence-electron chi connectivity index (χ2n) is 5.11. The largest absolute Gasteiger partial charge is 0.346 e. The van der Waals surface area contributed by atoms with Crippen LogP contribution in [-0.4, -0.2) is 30.2 Å². The van der Waals surface area contributed by atoms with Crippen LogP contribution in [0.5, 0.6) is 0 Å². The highest BCUT2D eigenvalue weighted by atomic mass is 35.5. The minimum Gasteiger partial charge on any atom is -0.346 e. The summed E-state index contributed by atoms with van der Waals surface area (Å²) in [5, 5.41) is 5.84. The highest BCUT2D eigenvalue weighted by Gasteiger charge is 2.17. The Balaban J connectivity index is 2.62. The Morgan fingerprint density at radius 3 is 2.64 bits per heavy atom. The summed E-state index contributed by atoms with van der Waals surface area (Å²) in [6.07, 6.45) is 0. The highest BCUT2D eigenvalue weighted by molar-refractivity contribution is 7.99. The summed E-state index contributed by atoms with van der Waals surface area (Å²) in [6, 6.07) is 4.71. The number of carbonyl (C=O) groups excluding carboxylic acids is 2. The van der Waals surface area contributed by atoms with Crippen LogP contribution in [0.4, 0.5) is 5.69 Å². The van der Waals surface area contributed by atoms with E-state index in [9.17, 15) is 9.59 Å². The van der Waals surface area contributed by atoms with Crippen LogP contribution in [0, 0.1) is 5.92 Å². The van der Waals surface area contributed by atoms with Crippen molar-refractivity contribution >= 4 is 40.9 Å². The van der Waals surface area contributed by atoms with Crippen molar-refractivity contribution in [2.45, 2.75) is 31.7 Å². The zero-order chi connectivity index (χ0) is 16.7. The first-order valence-electron chi connectivity index (χ1n) is 7.10. The summed E-state index contributed by atoms with van der Waals surface area (Å²) in [5.41, 5.74) is 6.36. The molecular weight excluding hydrogens is 322 g/mol. The van der Waals surface area contributed by atoms with Crippen molar-refractivity contribution in [1.29, 1.82) is 0 Å². The quantitative estimate of drug-likeness (QED) is 0.664. The van der Waals surface area contributed by atoms with Crippen molar-refractivity contribution in [3.63, 3.8) is 0 Å². The van der Waals surface area contributed by atoms with Crippen molar-refractivity contribution in [1.82, 2.24) is 5.32 Å². The van der Waals surface area contributed by atoms with E-state index < -0.39 is 6.04 Å². The molecular formula is C15H22ClN3O2S. The molecule has 2 amide bonds. The Hall–Kier alpha value is -1.24. The van der Waals surface area contributed by atoms with Crippen LogP contribution < -0.4 is 16.4 Å². The molecule has 1 rings (SSSR count). The van der Waals surface area contributed by atoms with Gasteiger partial charge in [0.05, 0.1) is 18.3 Å². The third kappa shape index (κ3) is 5.87. The molecule has 4 N–H and O–H groups in total. The third-order valence-electron chi connectivity index (χ3n) is 2.96. The van der Waals surface area contributed by atoms with Gasteiger partial charge in [-0.3, -0.25) is 9.59 Å². The van der Waals surface area contributed by atoms with Crippen LogP contribution in [0.15, 0.2) is 23.1 Å². The molecule has 22 heavy (non-hydrogen) atoms. The van der Waals surface area contributed by atoms with E-state index in [-0.39, 0.29) is 24.3 Å². The molecule has 0 aliphatic heterocycles. The van der Waals surface area contributed by atoms with Crippen molar-refractivity contribution in [3.05, 3.63) is 23.2 Å². The minimum absolute atomic E-state index is 0.0172. The molecule has 0 spiro atoms.